The second-order valence-corrected chi connectivity index (χ2v) is 7.53. The smallest absolute Gasteiger partial charge is 0.247 e. The van der Waals surface area contributed by atoms with Gasteiger partial charge in [-0.05, 0) is 48.5 Å². The van der Waals surface area contributed by atoms with Crippen LogP contribution >= 0.6 is 11.6 Å². The van der Waals surface area contributed by atoms with Crippen LogP contribution in [0.1, 0.15) is 5.89 Å². The van der Waals surface area contributed by atoms with E-state index in [4.69, 9.17) is 20.8 Å². The van der Waals surface area contributed by atoms with Crippen molar-refractivity contribution in [3.05, 3.63) is 59.4 Å². The van der Waals surface area contributed by atoms with E-state index in [9.17, 15) is 8.42 Å². The van der Waals surface area contributed by atoms with Gasteiger partial charge in [0.05, 0.1) is 12.0 Å². The van der Waals surface area contributed by atoms with Gasteiger partial charge < -0.3 is 9.15 Å². The van der Waals surface area contributed by atoms with Crippen LogP contribution in [0.2, 0.25) is 5.02 Å². The molecule has 1 N–H and O–H groups in total. The lowest BCUT2D eigenvalue weighted by molar-refractivity contribution is 0.415. The minimum absolute atomic E-state index is 0.134. The lowest BCUT2D eigenvalue weighted by Gasteiger charge is -2.05. The van der Waals surface area contributed by atoms with E-state index in [0.717, 1.165) is 11.3 Å². The Balaban J connectivity index is 1.60. The number of hydrogen-bond acceptors (Lipinski definition) is 6. The van der Waals surface area contributed by atoms with E-state index in [-0.39, 0.29) is 17.9 Å². The van der Waals surface area contributed by atoms with Crippen molar-refractivity contribution in [1.29, 1.82) is 0 Å². The van der Waals surface area contributed by atoms with Crippen LogP contribution in [-0.4, -0.2) is 32.3 Å². The highest BCUT2D eigenvalue weighted by Gasteiger charge is 2.14. The minimum Gasteiger partial charge on any atom is -0.497 e. The van der Waals surface area contributed by atoms with Gasteiger partial charge in [0.2, 0.25) is 21.8 Å². The Morgan fingerprint density at radius 2 is 1.77 bits per heavy atom. The first-order valence-corrected chi connectivity index (χ1v) is 9.56. The summed E-state index contributed by atoms with van der Waals surface area (Å²) in [5.41, 5.74) is 0.756. The maximum Gasteiger partial charge on any atom is 0.247 e. The topological polar surface area (TPSA) is 94.3 Å². The van der Waals surface area contributed by atoms with Gasteiger partial charge in [0.1, 0.15) is 5.75 Å². The van der Waals surface area contributed by atoms with Crippen LogP contribution in [0.25, 0.3) is 11.5 Å². The van der Waals surface area contributed by atoms with Gasteiger partial charge in [0, 0.05) is 23.6 Å². The van der Waals surface area contributed by atoms with Crippen molar-refractivity contribution in [3.63, 3.8) is 0 Å². The number of nitrogens with zero attached hydrogens (tertiary/aromatic N) is 2. The zero-order valence-corrected chi connectivity index (χ0v) is 15.4. The number of benzene rings is 2. The first-order valence-electron chi connectivity index (χ1n) is 7.70. The van der Waals surface area contributed by atoms with Crippen LogP contribution in [-0.2, 0) is 16.4 Å². The third-order valence-corrected chi connectivity index (χ3v) is 5.29. The normalized spacial score (nSPS) is 11.5. The molecule has 2 aromatic carbocycles. The summed E-state index contributed by atoms with van der Waals surface area (Å²) < 4.78 is 37.5. The lowest BCUT2D eigenvalue weighted by Crippen LogP contribution is -2.26. The van der Waals surface area contributed by atoms with E-state index >= 15 is 0 Å². The number of rotatable bonds is 7. The molecule has 0 radical (unpaired) electrons. The Kier molecular flexibility index (Phi) is 5.55. The number of hydrogen-bond donors (Lipinski definition) is 1. The van der Waals surface area contributed by atoms with Crippen LogP contribution in [0, 0.1) is 0 Å². The summed E-state index contributed by atoms with van der Waals surface area (Å²) in [5.74, 6) is 1.43. The van der Waals surface area contributed by atoms with Gasteiger partial charge in [-0.3, -0.25) is 0 Å². The van der Waals surface area contributed by atoms with Crippen molar-refractivity contribution < 1.29 is 17.6 Å². The number of nitrogens with one attached hydrogen (secondary N) is 1. The van der Waals surface area contributed by atoms with Crippen molar-refractivity contribution in [2.45, 2.75) is 11.3 Å². The predicted molar refractivity (Wildman–Crippen MR) is 96.6 cm³/mol. The van der Waals surface area contributed by atoms with Crippen LogP contribution in [0.5, 0.6) is 5.75 Å². The van der Waals surface area contributed by atoms with Gasteiger partial charge in [0.25, 0.3) is 0 Å². The van der Waals surface area contributed by atoms with Crippen molar-refractivity contribution in [2.24, 2.45) is 0 Å². The molecule has 0 aliphatic carbocycles. The summed E-state index contributed by atoms with van der Waals surface area (Å²) >= 11 is 5.77. The van der Waals surface area contributed by atoms with Gasteiger partial charge in [-0.15, -0.1) is 10.2 Å². The highest BCUT2D eigenvalue weighted by atomic mass is 35.5. The molecule has 9 heteroatoms. The number of halogens is 1. The molecular formula is C17H16ClN3O4S. The van der Waals surface area contributed by atoms with Gasteiger partial charge in [-0.2, -0.15) is 0 Å². The summed E-state index contributed by atoms with van der Waals surface area (Å²) in [4.78, 5) is 0.145. The molecule has 136 valence electrons. The molecule has 0 fully saturated rings. The Labute approximate surface area is 156 Å². The lowest BCUT2D eigenvalue weighted by atomic mass is 10.2. The number of aromatic nitrogens is 2. The van der Waals surface area contributed by atoms with E-state index in [1.807, 2.05) is 0 Å². The Morgan fingerprint density at radius 3 is 2.42 bits per heavy atom. The molecule has 0 atom stereocenters. The molecule has 3 aromatic rings. The van der Waals surface area contributed by atoms with E-state index in [0.29, 0.717) is 16.8 Å². The largest absolute Gasteiger partial charge is 0.497 e. The van der Waals surface area contributed by atoms with Crippen molar-refractivity contribution >= 4 is 21.6 Å². The molecule has 7 nitrogen and oxygen atoms in total. The van der Waals surface area contributed by atoms with E-state index in [1.165, 1.54) is 24.3 Å². The molecule has 3 rings (SSSR count). The fourth-order valence-corrected chi connectivity index (χ4v) is 3.35. The number of ether oxygens (including phenoxy) is 1. The molecule has 0 aliphatic rings. The quantitative estimate of drug-likeness (QED) is 0.663. The molecule has 0 saturated heterocycles. The van der Waals surface area contributed by atoms with Crippen LogP contribution in [0.15, 0.2) is 57.8 Å². The molecule has 0 amide bonds. The Morgan fingerprint density at radius 1 is 1.08 bits per heavy atom. The van der Waals surface area contributed by atoms with Gasteiger partial charge in [-0.1, -0.05) is 11.6 Å². The summed E-state index contributed by atoms with van der Waals surface area (Å²) in [7, 11) is -2.02. The van der Waals surface area contributed by atoms with Crippen LogP contribution in [0.3, 0.4) is 0 Å². The molecular weight excluding hydrogens is 378 g/mol. The molecule has 1 heterocycles. The van der Waals surface area contributed by atoms with E-state index in [1.54, 1.807) is 31.4 Å². The highest BCUT2D eigenvalue weighted by Crippen LogP contribution is 2.21. The maximum absolute atomic E-state index is 12.2. The third kappa shape index (κ3) is 4.40. The van der Waals surface area contributed by atoms with Gasteiger partial charge in [-0.25, -0.2) is 13.1 Å². The van der Waals surface area contributed by atoms with Crippen LogP contribution < -0.4 is 9.46 Å². The monoisotopic (exact) mass is 393 g/mol. The predicted octanol–water partition coefficient (Wildman–Crippen LogP) is 2.92. The van der Waals surface area contributed by atoms with Gasteiger partial charge in [0.15, 0.2) is 0 Å². The zero-order valence-electron chi connectivity index (χ0n) is 13.8. The average Bonchev–Trinajstić information content (AvgIpc) is 3.11. The second-order valence-electron chi connectivity index (χ2n) is 5.33. The summed E-state index contributed by atoms with van der Waals surface area (Å²) in [5, 5.41) is 8.39. The number of methoxy groups -OCH3 is 1. The fraction of sp³-hybridized carbons (Fsp3) is 0.176. The second kappa shape index (κ2) is 7.86. The minimum atomic E-state index is -3.61. The van der Waals surface area contributed by atoms with E-state index < -0.39 is 10.0 Å². The number of sulfonamides is 1. The van der Waals surface area contributed by atoms with Crippen LogP contribution in [0.4, 0.5) is 0 Å². The van der Waals surface area contributed by atoms with Crippen molar-refractivity contribution in [1.82, 2.24) is 14.9 Å². The van der Waals surface area contributed by atoms with Crippen molar-refractivity contribution in [3.8, 4) is 17.2 Å². The molecule has 0 bridgehead atoms. The highest BCUT2D eigenvalue weighted by molar-refractivity contribution is 7.89. The molecule has 0 spiro atoms. The first kappa shape index (κ1) is 18.4. The fourth-order valence-electron chi connectivity index (χ4n) is 2.19. The third-order valence-electron chi connectivity index (χ3n) is 3.56. The zero-order chi connectivity index (χ0) is 18.6. The SMILES string of the molecule is COc1ccc(-c2nnc(CCNS(=O)(=O)c3ccc(Cl)cc3)o2)cc1. The van der Waals surface area contributed by atoms with E-state index in [2.05, 4.69) is 14.9 Å². The molecule has 0 unspecified atom stereocenters. The molecule has 26 heavy (non-hydrogen) atoms. The summed E-state index contributed by atoms with van der Waals surface area (Å²) in [6.07, 6.45) is 0.274. The molecule has 1 aromatic heterocycles. The summed E-state index contributed by atoms with van der Waals surface area (Å²) in [6.45, 7) is 0.134. The standard InChI is InChI=1S/C17H16ClN3O4S/c1-24-14-6-2-12(3-7-14)17-21-20-16(25-17)10-11-19-26(22,23)15-8-4-13(18)5-9-15/h2-9,19H,10-11H2,1H3. The summed E-state index contributed by atoms with van der Waals surface area (Å²) in [6, 6.07) is 13.1. The molecule has 0 aliphatic heterocycles. The average molecular weight is 394 g/mol. The van der Waals surface area contributed by atoms with Gasteiger partial charge >= 0.3 is 0 Å². The Hall–Kier alpha value is -2.42. The Bertz CT molecular complexity index is 970. The molecule has 0 saturated carbocycles. The first-order chi connectivity index (χ1) is 12.5. The maximum atomic E-state index is 12.2. The van der Waals surface area contributed by atoms with Crippen molar-refractivity contribution in [2.75, 3.05) is 13.7 Å².